The van der Waals surface area contributed by atoms with Crippen LogP contribution in [0.3, 0.4) is 0 Å². The van der Waals surface area contributed by atoms with Crippen LogP contribution in [0, 0.1) is 24.0 Å². The van der Waals surface area contributed by atoms with Crippen molar-refractivity contribution >= 4 is 10.0 Å². The molecule has 92 valence electrons. The summed E-state index contributed by atoms with van der Waals surface area (Å²) < 4.78 is 53.3. The van der Waals surface area contributed by atoms with Crippen molar-refractivity contribution in [3.63, 3.8) is 0 Å². The molecule has 0 saturated heterocycles. The molecule has 2 N–H and O–H groups in total. The van der Waals surface area contributed by atoms with Crippen molar-refractivity contribution in [2.45, 2.75) is 11.3 Å². The third-order valence-electron chi connectivity index (χ3n) is 1.77. The predicted octanol–water partition coefficient (Wildman–Crippen LogP) is 1.01. The maximum absolute atomic E-state index is 13.3. The monoisotopic (exact) mass is 261 g/mol. The lowest BCUT2D eigenvalue weighted by molar-refractivity contribution is 0.299. The van der Waals surface area contributed by atoms with E-state index in [0.717, 1.165) is 0 Å². The predicted molar refractivity (Wildman–Crippen MR) is 56.7 cm³/mol. The molecule has 0 spiro atoms. The Bertz CT molecular complexity index is 564. The lowest BCUT2D eigenvalue weighted by Gasteiger charge is -2.10. The van der Waals surface area contributed by atoms with E-state index in [1.165, 1.54) is 0 Å². The number of nitrogens with two attached hydrogens (primary N) is 1. The Labute approximate surface area is 97.4 Å². The van der Waals surface area contributed by atoms with Gasteiger partial charge in [0.1, 0.15) is 10.7 Å². The number of rotatable bonds is 4. The van der Waals surface area contributed by atoms with Gasteiger partial charge in [-0.3, -0.25) is 0 Å². The summed E-state index contributed by atoms with van der Waals surface area (Å²) in [5, 5.41) is 4.82. The second-order valence-electron chi connectivity index (χ2n) is 3.06. The summed E-state index contributed by atoms with van der Waals surface area (Å²) in [6, 6.07) is 1.09. The van der Waals surface area contributed by atoms with Crippen LogP contribution in [0.25, 0.3) is 0 Å². The Hall–Kier alpha value is -1.65. The number of benzene rings is 1. The average Bonchev–Trinajstić information content (AvgIpc) is 2.19. The van der Waals surface area contributed by atoms with E-state index in [9.17, 15) is 17.2 Å². The van der Waals surface area contributed by atoms with E-state index in [0.29, 0.717) is 12.1 Å². The molecule has 0 bridgehead atoms. The Morgan fingerprint density at radius 3 is 2.59 bits per heavy atom. The molecule has 0 unspecified atom stereocenters. The molecule has 17 heavy (non-hydrogen) atoms. The maximum atomic E-state index is 13.3. The second-order valence-corrected chi connectivity index (χ2v) is 4.59. The van der Waals surface area contributed by atoms with Crippen LogP contribution < -0.4 is 9.88 Å². The van der Waals surface area contributed by atoms with E-state index >= 15 is 0 Å². The SMILES string of the molecule is C#CCCOc1c(F)cc(F)cc1S(N)(=O)=O. The van der Waals surface area contributed by atoms with Gasteiger partial charge in [0.05, 0.1) is 6.61 Å². The van der Waals surface area contributed by atoms with Crippen molar-refractivity contribution in [2.24, 2.45) is 5.14 Å². The van der Waals surface area contributed by atoms with Crippen LogP contribution in [0.15, 0.2) is 17.0 Å². The topological polar surface area (TPSA) is 69.4 Å². The van der Waals surface area contributed by atoms with Crippen LogP contribution in [0.1, 0.15) is 6.42 Å². The molecule has 4 nitrogen and oxygen atoms in total. The Morgan fingerprint density at radius 1 is 1.41 bits per heavy atom. The number of terminal acetylenes is 1. The molecule has 1 aromatic rings. The molecule has 0 atom stereocenters. The van der Waals surface area contributed by atoms with Crippen molar-refractivity contribution in [3.8, 4) is 18.1 Å². The van der Waals surface area contributed by atoms with Crippen molar-refractivity contribution in [1.29, 1.82) is 0 Å². The van der Waals surface area contributed by atoms with E-state index in [2.05, 4.69) is 5.92 Å². The summed E-state index contributed by atoms with van der Waals surface area (Å²) in [7, 11) is -4.27. The van der Waals surface area contributed by atoms with E-state index in [1.807, 2.05) is 0 Å². The molecule has 1 rings (SSSR count). The van der Waals surface area contributed by atoms with Crippen LogP contribution in [0.4, 0.5) is 8.78 Å². The number of halogens is 2. The van der Waals surface area contributed by atoms with Crippen LogP contribution >= 0.6 is 0 Å². The summed E-state index contributed by atoms with van der Waals surface area (Å²) in [4.78, 5) is -0.743. The zero-order chi connectivity index (χ0) is 13.1. The van der Waals surface area contributed by atoms with Crippen LogP contribution in [-0.2, 0) is 10.0 Å². The molecule has 0 aliphatic carbocycles. The van der Waals surface area contributed by atoms with Crippen molar-refractivity contribution in [2.75, 3.05) is 6.61 Å². The third kappa shape index (κ3) is 3.41. The smallest absolute Gasteiger partial charge is 0.241 e. The summed E-state index contributed by atoms with van der Waals surface area (Å²) in [5.41, 5.74) is 0. The van der Waals surface area contributed by atoms with Gasteiger partial charge in [0.25, 0.3) is 0 Å². The fourth-order valence-electron chi connectivity index (χ4n) is 1.10. The molecule has 7 heteroatoms. The summed E-state index contributed by atoms with van der Waals surface area (Å²) in [6.45, 7) is -0.0957. The van der Waals surface area contributed by atoms with Crippen LogP contribution in [0.5, 0.6) is 5.75 Å². The fourth-order valence-corrected chi connectivity index (χ4v) is 1.79. The van der Waals surface area contributed by atoms with Gasteiger partial charge in [-0.25, -0.2) is 22.3 Å². The maximum Gasteiger partial charge on any atom is 0.241 e. The lowest BCUT2D eigenvalue weighted by Crippen LogP contribution is -2.15. The summed E-state index contributed by atoms with van der Waals surface area (Å²) in [6.07, 6.45) is 5.11. The van der Waals surface area contributed by atoms with E-state index in [-0.39, 0.29) is 13.0 Å². The Balaban J connectivity index is 3.23. The number of primary sulfonamides is 1. The first kappa shape index (κ1) is 13.4. The molecular formula is C10H9F2NO3S. The highest BCUT2D eigenvalue weighted by Gasteiger charge is 2.21. The molecule has 0 saturated carbocycles. The zero-order valence-corrected chi connectivity index (χ0v) is 9.43. The van der Waals surface area contributed by atoms with Gasteiger partial charge in [-0.05, 0) is 6.07 Å². The highest BCUT2D eigenvalue weighted by molar-refractivity contribution is 7.89. The van der Waals surface area contributed by atoms with Crippen LogP contribution in [0.2, 0.25) is 0 Å². The standard InChI is InChI=1S/C10H9F2NO3S/c1-2-3-4-16-10-8(12)5-7(11)6-9(10)17(13,14)15/h1,5-6H,3-4H2,(H2,13,14,15). The first-order chi connectivity index (χ1) is 7.86. The Morgan fingerprint density at radius 2 is 2.06 bits per heavy atom. The normalized spacial score (nSPS) is 10.9. The van der Waals surface area contributed by atoms with Crippen molar-refractivity contribution in [3.05, 3.63) is 23.8 Å². The van der Waals surface area contributed by atoms with Gasteiger partial charge in [-0.1, -0.05) is 0 Å². The second kappa shape index (κ2) is 5.12. The van der Waals surface area contributed by atoms with Gasteiger partial charge in [0, 0.05) is 12.5 Å². The minimum absolute atomic E-state index is 0.0957. The van der Waals surface area contributed by atoms with Crippen LogP contribution in [-0.4, -0.2) is 15.0 Å². The number of sulfonamides is 1. The molecule has 0 amide bonds. The summed E-state index contributed by atoms with van der Waals surface area (Å²) >= 11 is 0. The molecule has 0 aliphatic heterocycles. The fraction of sp³-hybridized carbons (Fsp3) is 0.200. The van der Waals surface area contributed by atoms with E-state index in [4.69, 9.17) is 16.3 Å². The summed E-state index contributed by atoms with van der Waals surface area (Å²) in [5.74, 6) is -0.603. The van der Waals surface area contributed by atoms with Crippen molar-refractivity contribution in [1.82, 2.24) is 0 Å². The Kier molecular flexibility index (Phi) is 4.04. The molecule has 1 aromatic carbocycles. The van der Waals surface area contributed by atoms with E-state index in [1.54, 1.807) is 0 Å². The van der Waals surface area contributed by atoms with Gasteiger partial charge in [-0.15, -0.1) is 12.3 Å². The first-order valence-corrected chi connectivity index (χ1v) is 5.99. The van der Waals surface area contributed by atoms with E-state index < -0.39 is 32.3 Å². The van der Waals surface area contributed by atoms with Gasteiger partial charge in [0.2, 0.25) is 10.0 Å². The third-order valence-corrected chi connectivity index (χ3v) is 2.69. The first-order valence-electron chi connectivity index (χ1n) is 4.44. The quantitative estimate of drug-likeness (QED) is 0.649. The van der Waals surface area contributed by atoms with Gasteiger partial charge >= 0.3 is 0 Å². The molecule has 0 aliphatic rings. The molecular weight excluding hydrogens is 252 g/mol. The minimum atomic E-state index is -4.27. The highest BCUT2D eigenvalue weighted by Crippen LogP contribution is 2.27. The van der Waals surface area contributed by atoms with Gasteiger partial charge < -0.3 is 4.74 Å². The van der Waals surface area contributed by atoms with Crippen molar-refractivity contribution < 1.29 is 21.9 Å². The number of hydrogen-bond donors (Lipinski definition) is 1. The molecule has 0 fully saturated rings. The molecule has 0 radical (unpaired) electrons. The average molecular weight is 261 g/mol. The lowest BCUT2D eigenvalue weighted by atomic mass is 10.3. The largest absolute Gasteiger partial charge is 0.488 e. The van der Waals surface area contributed by atoms with Gasteiger partial charge in [0.15, 0.2) is 11.6 Å². The zero-order valence-electron chi connectivity index (χ0n) is 8.61. The minimum Gasteiger partial charge on any atom is -0.488 e. The number of ether oxygens (including phenoxy) is 1. The molecule has 0 aromatic heterocycles. The number of hydrogen-bond acceptors (Lipinski definition) is 3. The van der Waals surface area contributed by atoms with Gasteiger partial charge in [-0.2, -0.15) is 0 Å². The highest BCUT2D eigenvalue weighted by atomic mass is 32.2. The molecule has 0 heterocycles.